The summed E-state index contributed by atoms with van der Waals surface area (Å²) in [6, 6.07) is 10.7. The summed E-state index contributed by atoms with van der Waals surface area (Å²) in [5.74, 6) is -1.71. The standard InChI is InChI=1S/C21H21FN4O3.C14H27N3O.CH2O.CH4/c22-18-6-5-14(12-19(23)15-3-1-2-4-16(15)20(24)28)11-17(18)21(29)26-9-7-25(13-27)8-10-26;1-2-16-7-9-17(10-8-16)11-14-5-3-13(15,4-6-14)12-18-14;1-2;/h1-6,11,13,23H,7-10,12H2,(H2,24,28);2-12,15H2,1H3;1H2;1H4. The Bertz CT molecular complexity index is 1450. The first kappa shape index (κ1) is 40.4. The van der Waals surface area contributed by atoms with Gasteiger partial charge in [-0.15, -0.1) is 0 Å². The molecule has 274 valence electrons. The number of likely N-dealkylation sites (N-methyl/N-ethyl adjacent to an activating group) is 1. The Morgan fingerprint density at radius 3 is 2.06 bits per heavy atom. The second-order valence-electron chi connectivity index (χ2n) is 13.4. The van der Waals surface area contributed by atoms with Gasteiger partial charge in [0.05, 0.1) is 17.8 Å². The van der Waals surface area contributed by atoms with Crippen LogP contribution in [0.1, 0.15) is 71.9 Å². The van der Waals surface area contributed by atoms with Gasteiger partial charge in [0.2, 0.25) is 12.3 Å². The lowest BCUT2D eigenvalue weighted by Crippen LogP contribution is -2.63. The highest BCUT2D eigenvalue weighted by Gasteiger charge is 2.48. The first-order chi connectivity index (χ1) is 23.5. The van der Waals surface area contributed by atoms with Crippen molar-refractivity contribution >= 4 is 30.7 Å². The molecule has 0 aromatic heterocycles. The Hall–Kier alpha value is -4.04. The van der Waals surface area contributed by atoms with Gasteiger partial charge in [0.25, 0.3) is 5.91 Å². The van der Waals surface area contributed by atoms with E-state index in [0.29, 0.717) is 37.3 Å². The average molecular weight is 696 g/mol. The highest BCUT2D eigenvalue weighted by Crippen LogP contribution is 2.42. The number of ether oxygens (including phenoxy) is 1. The highest BCUT2D eigenvalue weighted by atomic mass is 19.1. The minimum atomic E-state index is -0.638. The summed E-state index contributed by atoms with van der Waals surface area (Å²) in [7, 11) is 0. The van der Waals surface area contributed by atoms with Crippen LogP contribution in [0.25, 0.3) is 0 Å². The number of nitrogens with zero attached hydrogens (tertiary/aromatic N) is 4. The van der Waals surface area contributed by atoms with E-state index in [9.17, 15) is 18.8 Å². The fraction of sp³-hybridized carbons (Fsp3) is 0.541. The normalized spacial score (nSPS) is 23.3. The Labute approximate surface area is 295 Å². The number of nitrogens with one attached hydrogen (secondary N) is 1. The summed E-state index contributed by atoms with van der Waals surface area (Å²) in [4.78, 5) is 51.3. The first-order valence-electron chi connectivity index (χ1n) is 16.9. The van der Waals surface area contributed by atoms with Crippen molar-refractivity contribution in [3.8, 4) is 0 Å². The summed E-state index contributed by atoms with van der Waals surface area (Å²) in [6.45, 7) is 13.7. The second kappa shape index (κ2) is 18.3. The fourth-order valence-electron chi connectivity index (χ4n) is 6.97. The molecule has 4 heterocycles. The maximum Gasteiger partial charge on any atom is 0.256 e. The van der Waals surface area contributed by atoms with E-state index in [1.165, 1.54) is 55.8 Å². The van der Waals surface area contributed by atoms with E-state index >= 15 is 0 Å². The zero-order valence-electron chi connectivity index (χ0n) is 28.5. The SMILES string of the molecule is C.C=O.CCN1CCN(CC23CCC(N)(CC2)CO3)CC1.N=C(Cc1ccc(F)c(C(=O)N2CCN(C=O)CC2)c1)c1ccccc1C(N)=O. The van der Waals surface area contributed by atoms with Gasteiger partial charge in [-0.3, -0.25) is 19.3 Å². The van der Waals surface area contributed by atoms with Crippen molar-refractivity contribution < 1.29 is 28.3 Å². The van der Waals surface area contributed by atoms with Crippen molar-refractivity contribution in [2.75, 3.05) is 72.1 Å². The molecule has 13 heteroatoms. The monoisotopic (exact) mass is 695 g/mol. The Kier molecular flexibility index (Phi) is 14.8. The molecule has 7 rings (SSSR count). The molecule has 5 N–H and O–H groups in total. The molecule has 0 radical (unpaired) electrons. The fourth-order valence-corrected chi connectivity index (χ4v) is 6.97. The van der Waals surface area contributed by atoms with E-state index in [1.54, 1.807) is 29.2 Å². The second-order valence-corrected chi connectivity index (χ2v) is 13.4. The molecule has 12 nitrogen and oxygen atoms in total. The molecule has 3 amide bonds. The molecule has 4 saturated heterocycles. The van der Waals surface area contributed by atoms with Crippen molar-refractivity contribution in [2.45, 2.75) is 57.6 Å². The van der Waals surface area contributed by atoms with E-state index in [4.69, 9.17) is 26.4 Å². The van der Waals surface area contributed by atoms with Gasteiger partial charge in [0, 0.05) is 87.7 Å². The largest absolute Gasteiger partial charge is 0.372 e. The smallest absolute Gasteiger partial charge is 0.256 e. The third-order valence-corrected chi connectivity index (χ3v) is 10.2. The lowest BCUT2D eigenvalue weighted by Gasteiger charge is -2.53. The molecule has 5 aliphatic rings. The summed E-state index contributed by atoms with van der Waals surface area (Å²) in [5, 5.41) is 8.34. The maximum atomic E-state index is 14.3. The van der Waals surface area contributed by atoms with E-state index in [2.05, 4.69) is 16.7 Å². The van der Waals surface area contributed by atoms with E-state index < -0.39 is 17.6 Å². The van der Waals surface area contributed by atoms with Crippen LogP contribution in [0.3, 0.4) is 0 Å². The van der Waals surface area contributed by atoms with Crippen molar-refractivity contribution in [2.24, 2.45) is 11.5 Å². The third kappa shape index (κ3) is 10.0. The van der Waals surface area contributed by atoms with E-state index in [-0.39, 0.29) is 41.8 Å². The molecule has 1 saturated carbocycles. The minimum absolute atomic E-state index is 0. The number of carbonyl (C=O) groups excluding carboxylic acids is 4. The number of nitrogens with two attached hydrogens (primary N) is 2. The molecule has 0 spiro atoms. The first-order valence-corrected chi connectivity index (χ1v) is 16.9. The lowest BCUT2D eigenvalue weighted by atomic mass is 9.71. The van der Waals surface area contributed by atoms with Gasteiger partial charge in [0.1, 0.15) is 12.6 Å². The number of amides is 3. The van der Waals surface area contributed by atoms with Crippen molar-refractivity contribution in [3.63, 3.8) is 0 Å². The molecule has 2 bridgehead atoms. The quantitative estimate of drug-likeness (QED) is 0.266. The summed E-state index contributed by atoms with van der Waals surface area (Å²) in [5.41, 5.74) is 13.1. The maximum absolute atomic E-state index is 14.3. The number of carbonyl (C=O) groups is 4. The molecule has 1 aliphatic carbocycles. The van der Waals surface area contributed by atoms with E-state index in [1.807, 2.05) is 6.79 Å². The summed E-state index contributed by atoms with van der Waals surface area (Å²) < 4.78 is 20.5. The number of fused-ring (bicyclic) bond motifs is 3. The predicted molar refractivity (Wildman–Crippen MR) is 192 cm³/mol. The number of hydrogen-bond acceptors (Lipinski definition) is 9. The average Bonchev–Trinajstić information content (AvgIpc) is 3.14. The van der Waals surface area contributed by atoms with Crippen molar-refractivity contribution in [3.05, 3.63) is 70.5 Å². The number of piperazine rings is 2. The Balaban J connectivity index is 0.000000276. The molecule has 4 aliphatic heterocycles. The van der Waals surface area contributed by atoms with Gasteiger partial charge in [-0.05, 0) is 56.0 Å². The van der Waals surface area contributed by atoms with Crippen LogP contribution in [-0.2, 0) is 20.7 Å². The van der Waals surface area contributed by atoms with Gasteiger partial charge in [0.15, 0.2) is 0 Å². The Morgan fingerprint density at radius 1 is 0.920 bits per heavy atom. The molecular formula is C37H54FN7O5. The lowest BCUT2D eigenvalue weighted by molar-refractivity contribution is -0.164. The molecular weight excluding hydrogens is 641 g/mol. The number of rotatable bonds is 9. The van der Waals surface area contributed by atoms with Crippen LogP contribution in [0, 0.1) is 11.2 Å². The molecule has 0 atom stereocenters. The van der Waals surface area contributed by atoms with Crippen molar-refractivity contribution in [1.29, 1.82) is 5.41 Å². The van der Waals surface area contributed by atoms with Crippen LogP contribution < -0.4 is 11.5 Å². The van der Waals surface area contributed by atoms with Crippen LogP contribution in [0.4, 0.5) is 4.39 Å². The Morgan fingerprint density at radius 2 is 1.52 bits per heavy atom. The highest BCUT2D eigenvalue weighted by molar-refractivity contribution is 6.09. The van der Waals surface area contributed by atoms with Gasteiger partial charge < -0.3 is 41.1 Å². The minimum Gasteiger partial charge on any atom is -0.372 e. The molecule has 5 fully saturated rings. The van der Waals surface area contributed by atoms with Gasteiger partial charge in [-0.1, -0.05) is 38.6 Å². The van der Waals surface area contributed by atoms with Crippen LogP contribution >= 0.6 is 0 Å². The topological polar surface area (TPSA) is 166 Å². The molecule has 0 unspecified atom stereocenters. The molecule has 2 aromatic rings. The zero-order valence-corrected chi connectivity index (χ0v) is 28.5. The van der Waals surface area contributed by atoms with Crippen LogP contribution in [-0.4, -0.2) is 134 Å². The van der Waals surface area contributed by atoms with Crippen LogP contribution in [0.15, 0.2) is 42.5 Å². The van der Waals surface area contributed by atoms with Gasteiger partial charge >= 0.3 is 0 Å². The van der Waals surface area contributed by atoms with Gasteiger partial charge in [-0.25, -0.2) is 4.39 Å². The number of primary amides is 1. The van der Waals surface area contributed by atoms with Crippen molar-refractivity contribution in [1.82, 2.24) is 19.6 Å². The third-order valence-electron chi connectivity index (χ3n) is 10.2. The summed E-state index contributed by atoms with van der Waals surface area (Å²) in [6.07, 6.45) is 5.49. The van der Waals surface area contributed by atoms with Crippen LogP contribution in [0.5, 0.6) is 0 Å². The predicted octanol–water partition coefficient (Wildman–Crippen LogP) is 2.56. The van der Waals surface area contributed by atoms with Gasteiger partial charge in [-0.2, -0.15) is 0 Å². The number of benzene rings is 2. The molecule has 2 aromatic carbocycles. The van der Waals surface area contributed by atoms with Crippen LogP contribution in [0.2, 0.25) is 0 Å². The summed E-state index contributed by atoms with van der Waals surface area (Å²) >= 11 is 0. The van der Waals surface area contributed by atoms with E-state index in [0.717, 1.165) is 45.2 Å². The number of hydrogen-bond donors (Lipinski definition) is 3. The molecule has 50 heavy (non-hydrogen) atoms. The zero-order chi connectivity index (χ0) is 35.6. The number of halogens is 1.